The van der Waals surface area contributed by atoms with Crippen molar-refractivity contribution in [2.45, 2.75) is 43.4 Å². The van der Waals surface area contributed by atoms with Crippen LogP contribution in [0.15, 0.2) is 46.1 Å². The molecule has 1 amide bonds. The van der Waals surface area contributed by atoms with Crippen LogP contribution in [0.3, 0.4) is 0 Å². The van der Waals surface area contributed by atoms with E-state index in [0.717, 1.165) is 36.0 Å². The molecular formula is C22H26N4O4S. The van der Waals surface area contributed by atoms with Crippen molar-refractivity contribution in [3.8, 4) is 0 Å². The topological polar surface area (TPSA) is 105 Å². The molecule has 1 aromatic carbocycles. The van der Waals surface area contributed by atoms with Crippen molar-refractivity contribution in [2.24, 2.45) is 0 Å². The summed E-state index contributed by atoms with van der Waals surface area (Å²) in [7, 11) is -3.25. The number of carbonyl (C=O) groups excluding carboxylic acids is 1. The maximum absolute atomic E-state index is 12.9. The maximum Gasteiger partial charge on any atom is 0.272 e. The molecule has 4 rings (SSSR count). The number of nitrogens with one attached hydrogen (secondary N) is 1. The molecule has 1 aliphatic heterocycles. The second-order valence-electron chi connectivity index (χ2n) is 8.12. The van der Waals surface area contributed by atoms with Gasteiger partial charge in [-0.3, -0.25) is 14.7 Å². The predicted molar refractivity (Wildman–Crippen MR) is 117 cm³/mol. The second kappa shape index (κ2) is 8.30. The molecule has 2 aromatic heterocycles. The first-order chi connectivity index (χ1) is 14.7. The predicted octanol–water partition coefficient (Wildman–Crippen LogP) is 1.94. The lowest BCUT2D eigenvalue weighted by Crippen LogP contribution is -2.40. The molecule has 1 aliphatic rings. The Morgan fingerprint density at radius 1 is 1.23 bits per heavy atom. The van der Waals surface area contributed by atoms with Gasteiger partial charge in [0, 0.05) is 48.8 Å². The second-order valence-corrected chi connectivity index (χ2v) is 10.1. The Labute approximate surface area is 180 Å². The third-order valence-corrected chi connectivity index (χ3v) is 6.93. The van der Waals surface area contributed by atoms with Gasteiger partial charge < -0.3 is 4.90 Å². The van der Waals surface area contributed by atoms with Crippen molar-refractivity contribution < 1.29 is 13.2 Å². The zero-order valence-electron chi connectivity index (χ0n) is 17.7. The van der Waals surface area contributed by atoms with Crippen molar-refractivity contribution in [3.63, 3.8) is 0 Å². The SMILES string of the molecule is CCc1cc(=O)n2[nH]c(C3CCCN(C(=O)Cc4ccc(S(C)(=O)=O)cc4)C3)cc2n1. The van der Waals surface area contributed by atoms with Crippen LogP contribution in [0.2, 0.25) is 0 Å². The normalized spacial score (nSPS) is 17.2. The van der Waals surface area contributed by atoms with Crippen molar-refractivity contribution >= 4 is 21.4 Å². The van der Waals surface area contributed by atoms with Gasteiger partial charge in [0.15, 0.2) is 15.5 Å². The number of hydrogen-bond donors (Lipinski definition) is 1. The number of rotatable bonds is 5. The lowest BCUT2D eigenvalue weighted by molar-refractivity contribution is -0.131. The molecule has 1 unspecified atom stereocenters. The van der Waals surface area contributed by atoms with E-state index in [1.165, 1.54) is 16.6 Å². The van der Waals surface area contributed by atoms with E-state index in [-0.39, 0.29) is 28.7 Å². The highest BCUT2D eigenvalue weighted by Gasteiger charge is 2.26. The van der Waals surface area contributed by atoms with Crippen LogP contribution in [0.1, 0.15) is 42.6 Å². The van der Waals surface area contributed by atoms with E-state index in [4.69, 9.17) is 0 Å². The van der Waals surface area contributed by atoms with Gasteiger partial charge in [-0.1, -0.05) is 19.1 Å². The number of carbonyl (C=O) groups is 1. The van der Waals surface area contributed by atoms with Crippen LogP contribution in [0.25, 0.3) is 5.65 Å². The van der Waals surface area contributed by atoms with Gasteiger partial charge >= 0.3 is 0 Å². The van der Waals surface area contributed by atoms with E-state index < -0.39 is 9.84 Å². The largest absolute Gasteiger partial charge is 0.342 e. The number of H-pyrrole nitrogens is 1. The van der Waals surface area contributed by atoms with Crippen LogP contribution in [0.4, 0.5) is 0 Å². The molecule has 1 saturated heterocycles. The molecule has 1 N–H and O–H groups in total. The summed E-state index contributed by atoms with van der Waals surface area (Å²) in [6.45, 7) is 3.23. The summed E-state index contributed by atoms with van der Waals surface area (Å²) in [5.41, 5.74) is 2.93. The van der Waals surface area contributed by atoms with Crippen molar-refractivity contribution in [3.05, 3.63) is 63.7 Å². The molecule has 1 fully saturated rings. The summed E-state index contributed by atoms with van der Waals surface area (Å²) >= 11 is 0. The number of nitrogens with zero attached hydrogens (tertiary/aromatic N) is 3. The summed E-state index contributed by atoms with van der Waals surface area (Å²) in [5, 5.41) is 3.16. The zero-order chi connectivity index (χ0) is 22.2. The Morgan fingerprint density at radius 3 is 2.65 bits per heavy atom. The molecule has 164 valence electrons. The summed E-state index contributed by atoms with van der Waals surface area (Å²) in [4.78, 5) is 31.8. The van der Waals surface area contributed by atoms with Crippen LogP contribution >= 0.6 is 0 Å². The first kappa shape index (κ1) is 21.3. The van der Waals surface area contributed by atoms with Gasteiger partial charge in [0.1, 0.15) is 0 Å². The fourth-order valence-electron chi connectivity index (χ4n) is 4.05. The van der Waals surface area contributed by atoms with Gasteiger partial charge in [-0.2, -0.15) is 0 Å². The Hall–Kier alpha value is -2.94. The van der Waals surface area contributed by atoms with Crippen LogP contribution in [0.5, 0.6) is 0 Å². The summed E-state index contributed by atoms with van der Waals surface area (Å²) in [6, 6.07) is 9.91. The number of benzene rings is 1. The van der Waals surface area contributed by atoms with Crippen molar-refractivity contribution in [1.82, 2.24) is 19.5 Å². The first-order valence-electron chi connectivity index (χ1n) is 10.4. The van der Waals surface area contributed by atoms with Crippen molar-refractivity contribution in [1.29, 1.82) is 0 Å². The fourth-order valence-corrected chi connectivity index (χ4v) is 4.68. The molecule has 0 radical (unpaired) electrons. The smallest absolute Gasteiger partial charge is 0.272 e. The quantitative estimate of drug-likeness (QED) is 0.650. The fraction of sp³-hybridized carbons (Fsp3) is 0.409. The Morgan fingerprint density at radius 2 is 1.97 bits per heavy atom. The number of aromatic amines is 1. The van der Waals surface area contributed by atoms with Crippen molar-refractivity contribution in [2.75, 3.05) is 19.3 Å². The lowest BCUT2D eigenvalue weighted by atomic mass is 9.94. The van der Waals surface area contributed by atoms with Gasteiger partial charge in [-0.25, -0.2) is 17.9 Å². The number of amides is 1. The average Bonchev–Trinajstić information content (AvgIpc) is 3.18. The Kier molecular flexibility index (Phi) is 5.70. The highest BCUT2D eigenvalue weighted by molar-refractivity contribution is 7.90. The Bertz CT molecular complexity index is 1280. The van der Waals surface area contributed by atoms with E-state index in [0.29, 0.717) is 25.2 Å². The number of fused-ring (bicyclic) bond motifs is 1. The Balaban J connectivity index is 1.48. The molecule has 0 spiro atoms. The number of likely N-dealkylation sites (tertiary alicyclic amines) is 1. The van der Waals surface area contributed by atoms with Gasteiger partial charge in [-0.15, -0.1) is 0 Å². The monoisotopic (exact) mass is 442 g/mol. The van der Waals surface area contributed by atoms with E-state index in [1.54, 1.807) is 18.2 Å². The van der Waals surface area contributed by atoms with E-state index in [2.05, 4.69) is 10.1 Å². The zero-order valence-corrected chi connectivity index (χ0v) is 18.5. The third-order valence-electron chi connectivity index (χ3n) is 5.81. The third kappa shape index (κ3) is 4.56. The van der Waals surface area contributed by atoms with Crippen LogP contribution in [-0.2, 0) is 27.5 Å². The van der Waals surface area contributed by atoms with E-state index in [1.807, 2.05) is 17.9 Å². The molecule has 0 bridgehead atoms. The molecule has 3 aromatic rings. The van der Waals surface area contributed by atoms with Crippen LogP contribution < -0.4 is 5.56 Å². The molecule has 3 heterocycles. The highest BCUT2D eigenvalue weighted by Crippen LogP contribution is 2.27. The van der Waals surface area contributed by atoms with E-state index >= 15 is 0 Å². The molecule has 0 aliphatic carbocycles. The van der Waals surface area contributed by atoms with E-state index in [9.17, 15) is 18.0 Å². The van der Waals surface area contributed by atoms with Gasteiger partial charge in [0.25, 0.3) is 5.56 Å². The number of hydrogen-bond acceptors (Lipinski definition) is 5. The molecule has 0 saturated carbocycles. The molecule has 9 heteroatoms. The van der Waals surface area contributed by atoms with Gasteiger partial charge in [0.05, 0.1) is 11.3 Å². The lowest BCUT2D eigenvalue weighted by Gasteiger charge is -2.32. The standard InChI is InChI=1S/C22H26N4O4S/c1-3-17-12-22(28)26-20(23-17)13-19(24-26)16-5-4-10-25(14-16)21(27)11-15-6-8-18(9-7-15)31(2,29)30/h6-9,12-13,16,24H,3-5,10-11,14H2,1-2H3. The molecule has 1 atom stereocenters. The summed E-state index contributed by atoms with van der Waals surface area (Å²) < 4.78 is 24.7. The minimum Gasteiger partial charge on any atom is -0.342 e. The number of aryl methyl sites for hydroxylation is 1. The number of aromatic nitrogens is 3. The van der Waals surface area contributed by atoms with Gasteiger partial charge in [0.2, 0.25) is 5.91 Å². The van der Waals surface area contributed by atoms with Crippen LogP contribution in [-0.4, -0.2) is 53.2 Å². The molecule has 8 nitrogen and oxygen atoms in total. The average molecular weight is 443 g/mol. The first-order valence-corrected chi connectivity index (χ1v) is 12.3. The van der Waals surface area contributed by atoms with Crippen LogP contribution in [0, 0.1) is 0 Å². The summed E-state index contributed by atoms with van der Waals surface area (Å²) in [6.07, 6.45) is 3.89. The number of piperidine rings is 1. The minimum atomic E-state index is -3.25. The molecular weight excluding hydrogens is 416 g/mol. The minimum absolute atomic E-state index is 0.0106. The maximum atomic E-state index is 12.9. The number of sulfone groups is 1. The summed E-state index contributed by atoms with van der Waals surface area (Å²) in [5.74, 6) is 0.118. The van der Waals surface area contributed by atoms with Gasteiger partial charge in [-0.05, 0) is 37.0 Å². The highest BCUT2D eigenvalue weighted by atomic mass is 32.2. The molecule has 31 heavy (non-hydrogen) atoms.